The van der Waals surface area contributed by atoms with Gasteiger partial charge in [-0.25, -0.2) is 0 Å². The number of hydrogen-bond acceptors (Lipinski definition) is 8. The summed E-state index contributed by atoms with van der Waals surface area (Å²) in [6, 6.07) is 7.09. The number of ether oxygens (including phenoxy) is 1. The van der Waals surface area contributed by atoms with Crippen molar-refractivity contribution in [2.45, 2.75) is 33.4 Å². The van der Waals surface area contributed by atoms with Gasteiger partial charge in [0.05, 0.1) is 26.2 Å². The molecule has 0 spiro atoms. The van der Waals surface area contributed by atoms with E-state index in [9.17, 15) is 9.59 Å². The number of piperazine rings is 1. The van der Waals surface area contributed by atoms with Crippen LogP contribution in [0, 0.1) is 5.92 Å². The molecule has 0 saturated carbocycles. The Morgan fingerprint density at radius 2 is 1.77 bits per heavy atom. The van der Waals surface area contributed by atoms with E-state index in [1.165, 1.54) is 6.92 Å². The fourth-order valence-corrected chi connectivity index (χ4v) is 3.63. The van der Waals surface area contributed by atoms with Crippen LogP contribution in [-0.2, 0) is 16.1 Å². The Kier molecular flexibility index (Phi) is 7.75. The largest absolute Gasteiger partial charge is 0.497 e. The molecule has 1 N–H and O–H groups in total. The Labute approximate surface area is 182 Å². The first kappa shape index (κ1) is 22.9. The topological polar surface area (TPSA) is 101 Å². The number of aromatic nitrogens is 2. The average Bonchev–Trinajstić information content (AvgIpc) is 3.21. The molecule has 1 aromatic heterocycles. The molecule has 1 aliphatic heterocycles. The number of amides is 1. The van der Waals surface area contributed by atoms with Crippen molar-refractivity contribution in [2.24, 2.45) is 5.92 Å². The van der Waals surface area contributed by atoms with Crippen molar-refractivity contribution < 1.29 is 18.8 Å². The van der Waals surface area contributed by atoms with Crippen molar-refractivity contribution in [1.82, 2.24) is 25.3 Å². The molecule has 1 saturated heterocycles. The van der Waals surface area contributed by atoms with Crippen molar-refractivity contribution in [3.05, 3.63) is 30.2 Å². The van der Waals surface area contributed by atoms with E-state index in [-0.39, 0.29) is 17.6 Å². The van der Waals surface area contributed by atoms with E-state index >= 15 is 0 Å². The monoisotopic (exact) mass is 429 g/mol. The first-order chi connectivity index (χ1) is 14.9. The van der Waals surface area contributed by atoms with Crippen LogP contribution in [0.2, 0.25) is 0 Å². The first-order valence-corrected chi connectivity index (χ1v) is 10.6. The highest BCUT2D eigenvalue weighted by molar-refractivity contribution is 5.88. The summed E-state index contributed by atoms with van der Waals surface area (Å²) < 4.78 is 10.6. The van der Waals surface area contributed by atoms with Gasteiger partial charge >= 0.3 is 0 Å². The summed E-state index contributed by atoms with van der Waals surface area (Å²) >= 11 is 0. The van der Waals surface area contributed by atoms with Gasteiger partial charge < -0.3 is 14.6 Å². The average molecular weight is 430 g/mol. The summed E-state index contributed by atoms with van der Waals surface area (Å²) in [6.45, 7) is 9.38. The molecule has 9 heteroatoms. The summed E-state index contributed by atoms with van der Waals surface area (Å²) in [5.74, 6) is 1.86. The maximum Gasteiger partial charge on any atom is 0.241 e. The number of nitrogens with one attached hydrogen (secondary N) is 1. The fourth-order valence-electron chi connectivity index (χ4n) is 3.63. The van der Waals surface area contributed by atoms with Crippen LogP contribution in [0.5, 0.6) is 5.75 Å². The molecule has 1 aromatic carbocycles. The minimum atomic E-state index is -0.425. The zero-order chi connectivity index (χ0) is 22.4. The molecule has 2 aromatic rings. The van der Waals surface area contributed by atoms with E-state index in [0.29, 0.717) is 24.8 Å². The van der Waals surface area contributed by atoms with Gasteiger partial charge in [0.1, 0.15) is 5.75 Å². The van der Waals surface area contributed by atoms with Gasteiger partial charge in [0.15, 0.2) is 5.78 Å². The summed E-state index contributed by atoms with van der Waals surface area (Å²) in [5, 5.41) is 6.93. The highest BCUT2D eigenvalue weighted by Crippen LogP contribution is 2.20. The van der Waals surface area contributed by atoms with Gasteiger partial charge in [-0.05, 0) is 37.1 Å². The molecule has 31 heavy (non-hydrogen) atoms. The molecule has 3 rings (SSSR count). The molecule has 1 amide bonds. The smallest absolute Gasteiger partial charge is 0.241 e. The van der Waals surface area contributed by atoms with Gasteiger partial charge in [-0.2, -0.15) is 4.98 Å². The standard InChI is InChI=1S/C22H31N5O4/c1-15(2)21(16(3)28)23-19(29)13-26-9-11-27(12-10-26)14-20-24-22(25-31-20)17-5-7-18(30-4)8-6-17/h5-8,15,21H,9-14H2,1-4H3,(H,23,29). The summed E-state index contributed by atoms with van der Waals surface area (Å²) in [5.41, 5.74) is 0.872. The van der Waals surface area contributed by atoms with Crippen LogP contribution < -0.4 is 10.1 Å². The highest BCUT2D eigenvalue weighted by Gasteiger charge is 2.24. The molecule has 1 atom stereocenters. The lowest BCUT2D eigenvalue weighted by atomic mass is 10.0. The Hall–Kier alpha value is -2.78. The quantitative estimate of drug-likeness (QED) is 0.641. The van der Waals surface area contributed by atoms with Gasteiger partial charge in [0.2, 0.25) is 17.6 Å². The van der Waals surface area contributed by atoms with Gasteiger partial charge in [-0.1, -0.05) is 19.0 Å². The number of carbonyl (C=O) groups is 2. The number of hydrogen-bond donors (Lipinski definition) is 1. The van der Waals surface area contributed by atoms with E-state index in [1.807, 2.05) is 38.1 Å². The SMILES string of the molecule is COc1ccc(-c2noc(CN3CCN(CC(=O)NC(C(C)=O)C(C)C)CC3)n2)cc1. The highest BCUT2D eigenvalue weighted by atomic mass is 16.5. The molecule has 9 nitrogen and oxygen atoms in total. The molecule has 2 heterocycles. The number of benzene rings is 1. The number of methoxy groups -OCH3 is 1. The molecule has 0 bridgehead atoms. The molecule has 1 unspecified atom stereocenters. The minimum Gasteiger partial charge on any atom is -0.497 e. The second-order valence-electron chi connectivity index (χ2n) is 8.19. The Bertz CT molecular complexity index is 872. The van der Waals surface area contributed by atoms with Crippen molar-refractivity contribution in [1.29, 1.82) is 0 Å². The van der Waals surface area contributed by atoms with Crippen molar-refractivity contribution >= 4 is 11.7 Å². The molecule has 168 valence electrons. The Morgan fingerprint density at radius 1 is 1.13 bits per heavy atom. The van der Waals surface area contributed by atoms with E-state index in [4.69, 9.17) is 9.26 Å². The van der Waals surface area contributed by atoms with Gasteiger partial charge in [-0.3, -0.25) is 19.4 Å². The van der Waals surface area contributed by atoms with Gasteiger partial charge in [0, 0.05) is 31.7 Å². The van der Waals surface area contributed by atoms with Crippen LogP contribution in [0.4, 0.5) is 0 Å². The summed E-state index contributed by atoms with van der Waals surface area (Å²) in [6.07, 6.45) is 0. The van der Waals surface area contributed by atoms with E-state index in [1.54, 1.807) is 7.11 Å². The molecule has 0 aliphatic carbocycles. The third-order valence-corrected chi connectivity index (χ3v) is 5.43. The Morgan fingerprint density at radius 3 is 2.35 bits per heavy atom. The molecular weight excluding hydrogens is 398 g/mol. The zero-order valence-electron chi connectivity index (χ0n) is 18.6. The lowest BCUT2D eigenvalue weighted by Crippen LogP contribution is -2.51. The third-order valence-electron chi connectivity index (χ3n) is 5.43. The van der Waals surface area contributed by atoms with E-state index < -0.39 is 6.04 Å². The van der Waals surface area contributed by atoms with Crippen molar-refractivity contribution in [3.8, 4) is 17.1 Å². The molecule has 1 aliphatic rings. The number of nitrogens with zero attached hydrogens (tertiary/aromatic N) is 4. The van der Waals surface area contributed by atoms with E-state index in [2.05, 4.69) is 25.3 Å². The first-order valence-electron chi connectivity index (χ1n) is 10.6. The summed E-state index contributed by atoms with van der Waals surface area (Å²) in [4.78, 5) is 32.8. The maximum atomic E-state index is 12.3. The zero-order valence-corrected chi connectivity index (χ0v) is 18.6. The molecular formula is C22H31N5O4. The predicted molar refractivity (Wildman–Crippen MR) is 115 cm³/mol. The van der Waals surface area contributed by atoms with Crippen LogP contribution in [0.15, 0.2) is 28.8 Å². The number of rotatable bonds is 9. The van der Waals surface area contributed by atoms with Gasteiger partial charge in [0.25, 0.3) is 0 Å². The number of Topliss-reactive ketones (excluding diaryl/α,β-unsaturated/α-hetero) is 1. The fraction of sp³-hybridized carbons (Fsp3) is 0.545. The van der Waals surface area contributed by atoms with Crippen LogP contribution >= 0.6 is 0 Å². The second-order valence-corrected chi connectivity index (χ2v) is 8.19. The lowest BCUT2D eigenvalue weighted by molar-refractivity contribution is -0.128. The lowest BCUT2D eigenvalue weighted by Gasteiger charge is -2.33. The second kappa shape index (κ2) is 10.5. The van der Waals surface area contributed by atoms with Gasteiger partial charge in [-0.15, -0.1) is 0 Å². The molecule has 1 fully saturated rings. The van der Waals surface area contributed by atoms with Crippen LogP contribution in [-0.4, -0.2) is 77.5 Å². The van der Waals surface area contributed by atoms with Crippen molar-refractivity contribution in [3.63, 3.8) is 0 Å². The number of ketones is 1. The summed E-state index contributed by atoms with van der Waals surface area (Å²) in [7, 11) is 1.63. The van der Waals surface area contributed by atoms with Crippen LogP contribution in [0.3, 0.4) is 0 Å². The number of carbonyl (C=O) groups excluding carboxylic acids is 2. The third kappa shape index (κ3) is 6.35. The van der Waals surface area contributed by atoms with Crippen LogP contribution in [0.1, 0.15) is 26.7 Å². The Balaban J connectivity index is 1.45. The van der Waals surface area contributed by atoms with Crippen molar-refractivity contribution in [2.75, 3.05) is 39.8 Å². The van der Waals surface area contributed by atoms with E-state index in [0.717, 1.165) is 37.5 Å². The minimum absolute atomic E-state index is 0.0123. The molecule has 0 radical (unpaired) electrons. The predicted octanol–water partition coefficient (Wildman–Crippen LogP) is 1.59. The van der Waals surface area contributed by atoms with Crippen LogP contribution in [0.25, 0.3) is 11.4 Å². The normalized spacial score (nSPS) is 16.3. The maximum absolute atomic E-state index is 12.3.